The summed E-state index contributed by atoms with van der Waals surface area (Å²) in [5.41, 5.74) is 2.12. The Bertz CT molecular complexity index is 1630. The van der Waals surface area contributed by atoms with Gasteiger partial charge in [0.2, 0.25) is 11.8 Å². The molecule has 0 spiro atoms. The van der Waals surface area contributed by atoms with E-state index in [1.807, 2.05) is 6.07 Å². The third-order valence-electron chi connectivity index (χ3n) is 7.78. The number of benzene rings is 3. The summed E-state index contributed by atoms with van der Waals surface area (Å²) >= 11 is 3.38. The number of hydrogen-bond acceptors (Lipinski definition) is 6. The van der Waals surface area contributed by atoms with Crippen LogP contribution in [0.15, 0.2) is 107 Å². The van der Waals surface area contributed by atoms with Gasteiger partial charge in [-0.05, 0) is 49.4 Å². The van der Waals surface area contributed by atoms with Crippen molar-refractivity contribution in [2.24, 2.45) is 11.8 Å². The van der Waals surface area contributed by atoms with Crippen molar-refractivity contribution < 1.29 is 24.0 Å². The largest absolute Gasteiger partial charge is 0.359 e. The molecule has 4 atom stereocenters. The van der Waals surface area contributed by atoms with E-state index in [0.717, 1.165) is 9.37 Å². The van der Waals surface area contributed by atoms with Gasteiger partial charge in [-0.15, -0.1) is 0 Å². The topological polar surface area (TPSA) is 91.8 Å². The van der Waals surface area contributed by atoms with E-state index in [4.69, 9.17) is 0 Å². The molecular formula is C32H23BrN2O5. The van der Waals surface area contributed by atoms with Crippen LogP contribution in [0.25, 0.3) is 0 Å². The fourth-order valence-corrected chi connectivity index (χ4v) is 6.10. The molecule has 0 saturated carbocycles. The van der Waals surface area contributed by atoms with E-state index < -0.39 is 35.7 Å². The molecule has 2 saturated heterocycles. The van der Waals surface area contributed by atoms with Gasteiger partial charge in [-0.25, -0.2) is 4.90 Å². The molecule has 3 aliphatic heterocycles. The number of nitrogens with zero attached hydrogens (tertiary/aromatic N) is 2. The number of hydrogen-bond donors (Lipinski definition) is 0. The molecule has 2 fully saturated rings. The molecule has 198 valence electrons. The molecular weight excluding hydrogens is 572 g/mol. The van der Waals surface area contributed by atoms with E-state index in [1.165, 1.54) is 6.92 Å². The third-order valence-corrected chi connectivity index (χ3v) is 8.30. The average molecular weight is 595 g/mol. The lowest BCUT2D eigenvalue weighted by molar-refractivity contribution is -0.123. The van der Waals surface area contributed by atoms with Crippen molar-refractivity contribution in [2.45, 2.75) is 19.0 Å². The van der Waals surface area contributed by atoms with Crippen LogP contribution in [0.3, 0.4) is 0 Å². The lowest BCUT2D eigenvalue weighted by atomic mass is 9.85. The zero-order valence-corrected chi connectivity index (χ0v) is 22.9. The van der Waals surface area contributed by atoms with Crippen molar-refractivity contribution in [2.75, 3.05) is 4.90 Å². The predicted molar refractivity (Wildman–Crippen MR) is 152 cm³/mol. The van der Waals surface area contributed by atoms with Crippen molar-refractivity contribution >= 4 is 50.8 Å². The summed E-state index contributed by atoms with van der Waals surface area (Å²) in [6, 6.07) is 20.4. The summed E-state index contributed by atoms with van der Waals surface area (Å²) in [4.78, 5) is 69.6. The number of Topliss-reactive ketones (excluding diaryl/α,β-unsaturated/α-hetero) is 3. The van der Waals surface area contributed by atoms with Gasteiger partial charge in [0.05, 0.1) is 23.6 Å². The first-order chi connectivity index (χ1) is 19.3. The predicted octanol–water partition coefficient (Wildman–Crippen LogP) is 5.03. The highest BCUT2D eigenvalue weighted by Crippen LogP contribution is 2.47. The zero-order chi connectivity index (χ0) is 28.1. The summed E-state index contributed by atoms with van der Waals surface area (Å²) in [6.07, 6.45) is 5.00. The van der Waals surface area contributed by atoms with Crippen LogP contribution in [0.2, 0.25) is 0 Å². The minimum atomic E-state index is -0.951. The van der Waals surface area contributed by atoms with Gasteiger partial charge in [0.25, 0.3) is 0 Å². The molecule has 3 heterocycles. The van der Waals surface area contributed by atoms with Crippen LogP contribution >= 0.6 is 15.9 Å². The van der Waals surface area contributed by atoms with E-state index in [2.05, 4.69) is 15.9 Å². The van der Waals surface area contributed by atoms with E-state index in [0.29, 0.717) is 28.0 Å². The minimum Gasteiger partial charge on any atom is -0.359 e. The number of rotatable bonds is 6. The van der Waals surface area contributed by atoms with Crippen LogP contribution in [0, 0.1) is 11.8 Å². The summed E-state index contributed by atoms with van der Waals surface area (Å²) in [6.45, 7) is 1.44. The average Bonchev–Trinajstić information content (AvgIpc) is 3.44. The number of allylic oxidation sites excluding steroid dienone is 2. The van der Waals surface area contributed by atoms with Crippen molar-refractivity contribution in [3.8, 4) is 0 Å². The lowest BCUT2D eigenvalue weighted by Crippen LogP contribution is -2.46. The van der Waals surface area contributed by atoms with Gasteiger partial charge in [0, 0.05) is 32.9 Å². The molecule has 3 aliphatic rings. The Morgan fingerprint density at radius 2 is 1.38 bits per heavy atom. The highest BCUT2D eigenvalue weighted by atomic mass is 79.9. The van der Waals surface area contributed by atoms with Crippen molar-refractivity contribution in [1.29, 1.82) is 0 Å². The van der Waals surface area contributed by atoms with Gasteiger partial charge in [-0.1, -0.05) is 64.5 Å². The van der Waals surface area contributed by atoms with Crippen LogP contribution in [-0.2, 0) is 9.59 Å². The molecule has 0 N–H and O–H groups in total. The Labute approximate surface area is 238 Å². The standard InChI is InChI=1S/C32H23BrN2O5/c1-18(36)19-9-13-24(14-10-19)35-31(39)26-25-17-22(29(37)20-5-3-2-4-6-20)15-16-34(25)28(27(26)32(35)40)30(38)21-7-11-23(33)12-8-21/h2-17,25-28H,1H3/t25-,26+,27+,28-/m0/s1. The Balaban J connectivity index is 1.42. The maximum atomic E-state index is 13.9. The fourth-order valence-electron chi connectivity index (χ4n) is 5.84. The maximum Gasteiger partial charge on any atom is 0.240 e. The normalized spacial score (nSPS) is 23.1. The molecule has 0 unspecified atom stereocenters. The SMILES string of the molecule is CC(=O)c1ccc(N2C(=O)[C@@H]3[C@H](C2=O)[C@@H]2C=C(C(=O)c4ccccc4)C=CN2[C@@H]3C(=O)c2ccc(Br)cc2)cc1. The van der Waals surface area contributed by atoms with Crippen LogP contribution in [0.1, 0.15) is 38.0 Å². The molecule has 3 aromatic carbocycles. The van der Waals surface area contributed by atoms with Crippen molar-refractivity contribution in [3.05, 3.63) is 124 Å². The number of carbonyl (C=O) groups is 5. The molecule has 8 heteroatoms. The van der Waals surface area contributed by atoms with Gasteiger partial charge in [-0.3, -0.25) is 24.0 Å². The minimum absolute atomic E-state index is 0.131. The fraction of sp³-hybridized carbons (Fsp3) is 0.156. The third kappa shape index (κ3) is 4.16. The monoisotopic (exact) mass is 594 g/mol. The molecule has 2 amide bonds. The second-order valence-corrected chi connectivity index (χ2v) is 11.0. The van der Waals surface area contributed by atoms with Crippen LogP contribution < -0.4 is 4.90 Å². The number of fused-ring (bicyclic) bond motifs is 3. The lowest BCUT2D eigenvalue weighted by Gasteiger charge is -2.32. The Hall–Kier alpha value is -4.43. The maximum absolute atomic E-state index is 13.9. The Morgan fingerprint density at radius 1 is 0.750 bits per heavy atom. The van der Waals surface area contributed by atoms with Gasteiger partial charge in [0.1, 0.15) is 6.04 Å². The Morgan fingerprint density at radius 3 is 2.02 bits per heavy atom. The summed E-state index contributed by atoms with van der Waals surface area (Å²) < 4.78 is 0.809. The number of halogens is 1. The highest BCUT2D eigenvalue weighted by Gasteiger charge is 2.63. The van der Waals surface area contributed by atoms with E-state index in [9.17, 15) is 24.0 Å². The highest BCUT2D eigenvalue weighted by molar-refractivity contribution is 9.10. The summed E-state index contributed by atoms with van der Waals surface area (Å²) in [5.74, 6) is -3.35. The van der Waals surface area contributed by atoms with Crippen LogP contribution in [0.5, 0.6) is 0 Å². The van der Waals surface area contributed by atoms with E-state index in [1.54, 1.807) is 96.0 Å². The number of imide groups is 1. The van der Waals surface area contributed by atoms with Crippen LogP contribution in [-0.4, -0.2) is 46.1 Å². The van der Waals surface area contributed by atoms with Crippen LogP contribution in [0.4, 0.5) is 5.69 Å². The smallest absolute Gasteiger partial charge is 0.240 e. The number of ketones is 3. The molecule has 0 bridgehead atoms. The second-order valence-electron chi connectivity index (χ2n) is 10.1. The zero-order valence-electron chi connectivity index (χ0n) is 21.4. The summed E-state index contributed by atoms with van der Waals surface area (Å²) in [7, 11) is 0. The van der Waals surface area contributed by atoms with Crippen molar-refractivity contribution in [1.82, 2.24) is 4.90 Å². The number of amides is 2. The quantitative estimate of drug-likeness (QED) is 0.293. The molecule has 3 aromatic rings. The molecule has 40 heavy (non-hydrogen) atoms. The number of carbonyl (C=O) groups excluding carboxylic acids is 5. The van der Waals surface area contributed by atoms with Gasteiger partial charge in [0.15, 0.2) is 17.3 Å². The first-order valence-corrected chi connectivity index (χ1v) is 13.6. The molecule has 0 radical (unpaired) electrons. The van der Waals surface area contributed by atoms with Gasteiger partial charge >= 0.3 is 0 Å². The van der Waals surface area contributed by atoms with Gasteiger partial charge < -0.3 is 4.90 Å². The second kappa shape index (κ2) is 9.95. The molecule has 7 nitrogen and oxygen atoms in total. The molecule has 0 aliphatic carbocycles. The van der Waals surface area contributed by atoms with E-state index in [-0.39, 0.29) is 17.3 Å². The number of anilines is 1. The van der Waals surface area contributed by atoms with Crippen molar-refractivity contribution in [3.63, 3.8) is 0 Å². The first-order valence-electron chi connectivity index (χ1n) is 12.8. The summed E-state index contributed by atoms with van der Waals surface area (Å²) in [5, 5.41) is 0. The van der Waals surface area contributed by atoms with Gasteiger partial charge in [-0.2, -0.15) is 0 Å². The molecule has 6 rings (SSSR count). The Kier molecular flexibility index (Phi) is 6.43. The first kappa shape index (κ1) is 25.8. The molecule has 0 aromatic heterocycles. The van der Waals surface area contributed by atoms with E-state index >= 15 is 0 Å².